The highest BCUT2D eigenvalue weighted by Crippen LogP contribution is 2.06. The second-order valence-corrected chi connectivity index (χ2v) is 3.01. The zero-order valence-electron chi connectivity index (χ0n) is 7.97. The smallest absolute Gasteiger partial charge is 0.176 e. The van der Waals surface area contributed by atoms with Crippen LogP contribution < -0.4 is 5.73 Å². The fourth-order valence-electron chi connectivity index (χ4n) is 1.18. The topological polar surface area (TPSA) is 69.6 Å². The van der Waals surface area contributed by atoms with Crippen LogP contribution in [0.3, 0.4) is 0 Å². The highest BCUT2D eigenvalue weighted by Gasteiger charge is 2.04. The molecule has 1 heterocycles. The van der Waals surface area contributed by atoms with Crippen LogP contribution in [0, 0.1) is 5.82 Å². The fourth-order valence-corrected chi connectivity index (χ4v) is 1.18. The third-order valence-corrected chi connectivity index (χ3v) is 1.86. The SMILES string of the molecule is NCCc1nnn(-c2cccc(F)c2)n1. The quantitative estimate of drug-likeness (QED) is 0.786. The molecule has 0 aliphatic rings. The third-order valence-electron chi connectivity index (χ3n) is 1.86. The largest absolute Gasteiger partial charge is 0.330 e. The number of nitrogens with two attached hydrogens (primary N) is 1. The molecule has 0 radical (unpaired) electrons. The molecule has 0 aliphatic carbocycles. The molecule has 1 aromatic heterocycles. The summed E-state index contributed by atoms with van der Waals surface area (Å²) in [5.41, 5.74) is 5.90. The van der Waals surface area contributed by atoms with Gasteiger partial charge < -0.3 is 5.73 Å². The normalized spacial score (nSPS) is 10.5. The van der Waals surface area contributed by atoms with Crippen LogP contribution in [-0.2, 0) is 6.42 Å². The van der Waals surface area contributed by atoms with Gasteiger partial charge in [0.1, 0.15) is 5.82 Å². The Labute approximate surface area is 85.7 Å². The summed E-state index contributed by atoms with van der Waals surface area (Å²) in [4.78, 5) is 1.29. The number of rotatable bonds is 3. The summed E-state index contributed by atoms with van der Waals surface area (Å²) in [6.07, 6.45) is 0.565. The van der Waals surface area contributed by atoms with Crippen molar-refractivity contribution in [3.8, 4) is 5.69 Å². The van der Waals surface area contributed by atoms with Gasteiger partial charge in [-0.3, -0.25) is 0 Å². The van der Waals surface area contributed by atoms with E-state index in [1.807, 2.05) is 0 Å². The molecule has 0 atom stereocenters. The Morgan fingerprint density at radius 1 is 1.40 bits per heavy atom. The number of benzene rings is 1. The van der Waals surface area contributed by atoms with Crippen LogP contribution in [-0.4, -0.2) is 26.8 Å². The Hall–Kier alpha value is -1.82. The first-order chi connectivity index (χ1) is 7.29. The van der Waals surface area contributed by atoms with E-state index in [9.17, 15) is 4.39 Å². The Morgan fingerprint density at radius 3 is 3.00 bits per heavy atom. The average Bonchev–Trinajstić information content (AvgIpc) is 2.67. The van der Waals surface area contributed by atoms with Crippen molar-refractivity contribution in [1.29, 1.82) is 0 Å². The molecule has 2 aromatic rings. The first-order valence-electron chi connectivity index (χ1n) is 4.54. The van der Waals surface area contributed by atoms with E-state index in [0.29, 0.717) is 24.5 Å². The van der Waals surface area contributed by atoms with E-state index in [1.165, 1.54) is 16.9 Å². The van der Waals surface area contributed by atoms with E-state index in [-0.39, 0.29) is 5.82 Å². The van der Waals surface area contributed by atoms with E-state index >= 15 is 0 Å². The summed E-state index contributed by atoms with van der Waals surface area (Å²) in [5, 5.41) is 11.6. The number of nitrogens with zero attached hydrogens (tertiary/aromatic N) is 4. The van der Waals surface area contributed by atoms with Gasteiger partial charge in [-0.1, -0.05) is 6.07 Å². The predicted molar refractivity (Wildman–Crippen MR) is 51.9 cm³/mol. The van der Waals surface area contributed by atoms with Gasteiger partial charge in [0.15, 0.2) is 5.82 Å². The summed E-state index contributed by atoms with van der Waals surface area (Å²) in [7, 11) is 0. The summed E-state index contributed by atoms with van der Waals surface area (Å²) in [5.74, 6) is 0.229. The lowest BCUT2D eigenvalue weighted by atomic mass is 10.3. The molecule has 2 rings (SSSR count). The minimum Gasteiger partial charge on any atom is -0.330 e. The zero-order valence-corrected chi connectivity index (χ0v) is 7.97. The van der Waals surface area contributed by atoms with Crippen molar-refractivity contribution in [2.24, 2.45) is 5.73 Å². The zero-order chi connectivity index (χ0) is 10.7. The monoisotopic (exact) mass is 207 g/mol. The van der Waals surface area contributed by atoms with E-state index in [1.54, 1.807) is 12.1 Å². The summed E-state index contributed by atoms with van der Waals surface area (Å²) in [6, 6.07) is 6.00. The number of tetrazole rings is 1. The van der Waals surface area contributed by atoms with Gasteiger partial charge in [-0.15, -0.1) is 15.0 Å². The van der Waals surface area contributed by atoms with Gasteiger partial charge in [0, 0.05) is 12.5 Å². The van der Waals surface area contributed by atoms with Gasteiger partial charge in [-0.25, -0.2) is 4.39 Å². The molecule has 0 aliphatic heterocycles. The summed E-state index contributed by atoms with van der Waals surface area (Å²) < 4.78 is 12.9. The Morgan fingerprint density at radius 2 is 2.27 bits per heavy atom. The van der Waals surface area contributed by atoms with Crippen molar-refractivity contribution < 1.29 is 4.39 Å². The lowest BCUT2D eigenvalue weighted by Crippen LogP contribution is -2.05. The number of hydrogen-bond donors (Lipinski definition) is 1. The van der Waals surface area contributed by atoms with Gasteiger partial charge in [-0.05, 0) is 23.9 Å². The van der Waals surface area contributed by atoms with Gasteiger partial charge in [0.2, 0.25) is 0 Å². The molecule has 0 amide bonds. The van der Waals surface area contributed by atoms with Crippen LogP contribution in [0.4, 0.5) is 4.39 Å². The second kappa shape index (κ2) is 4.14. The van der Waals surface area contributed by atoms with Crippen molar-refractivity contribution in [2.45, 2.75) is 6.42 Å². The molecule has 0 fully saturated rings. The molecular weight excluding hydrogens is 197 g/mol. The second-order valence-electron chi connectivity index (χ2n) is 3.01. The standard InChI is InChI=1S/C9H10FN5/c10-7-2-1-3-8(6-7)15-13-9(4-5-11)12-14-15/h1-3,6H,4-5,11H2. The van der Waals surface area contributed by atoms with Gasteiger partial charge >= 0.3 is 0 Å². The number of aromatic nitrogens is 4. The third kappa shape index (κ3) is 2.16. The average molecular weight is 207 g/mol. The fraction of sp³-hybridized carbons (Fsp3) is 0.222. The molecule has 0 saturated heterocycles. The highest BCUT2D eigenvalue weighted by molar-refractivity contribution is 5.29. The van der Waals surface area contributed by atoms with Crippen LogP contribution in [0.5, 0.6) is 0 Å². The lowest BCUT2D eigenvalue weighted by molar-refractivity contribution is 0.621. The van der Waals surface area contributed by atoms with Crippen molar-refractivity contribution in [3.05, 3.63) is 35.9 Å². The highest BCUT2D eigenvalue weighted by atomic mass is 19.1. The first-order valence-corrected chi connectivity index (χ1v) is 4.54. The predicted octanol–water partition coefficient (Wildman–Crippen LogP) is 0.303. The van der Waals surface area contributed by atoms with Crippen LogP contribution in [0.25, 0.3) is 5.69 Å². The summed E-state index contributed by atoms with van der Waals surface area (Å²) in [6.45, 7) is 0.467. The van der Waals surface area contributed by atoms with Gasteiger partial charge in [-0.2, -0.15) is 0 Å². The maximum Gasteiger partial charge on any atom is 0.176 e. The minimum absolute atomic E-state index is 0.329. The van der Waals surface area contributed by atoms with E-state index < -0.39 is 0 Å². The van der Waals surface area contributed by atoms with Gasteiger partial charge in [0.25, 0.3) is 0 Å². The number of halogens is 1. The maximum atomic E-state index is 12.9. The maximum absolute atomic E-state index is 12.9. The molecule has 5 nitrogen and oxygen atoms in total. The molecule has 0 unspecified atom stereocenters. The van der Waals surface area contributed by atoms with Crippen LogP contribution in [0.15, 0.2) is 24.3 Å². The molecule has 0 spiro atoms. The van der Waals surface area contributed by atoms with Crippen molar-refractivity contribution >= 4 is 0 Å². The lowest BCUT2D eigenvalue weighted by Gasteiger charge is -1.96. The van der Waals surface area contributed by atoms with Crippen LogP contribution in [0.2, 0.25) is 0 Å². The van der Waals surface area contributed by atoms with Gasteiger partial charge in [0.05, 0.1) is 5.69 Å². The number of hydrogen-bond acceptors (Lipinski definition) is 4. The minimum atomic E-state index is -0.329. The molecule has 6 heteroatoms. The van der Waals surface area contributed by atoms with E-state index in [4.69, 9.17) is 5.73 Å². The Balaban J connectivity index is 2.29. The Bertz CT molecular complexity index is 453. The van der Waals surface area contributed by atoms with Crippen LogP contribution in [0.1, 0.15) is 5.82 Å². The van der Waals surface area contributed by atoms with Crippen molar-refractivity contribution in [2.75, 3.05) is 6.54 Å². The molecule has 0 bridgehead atoms. The van der Waals surface area contributed by atoms with E-state index in [0.717, 1.165) is 0 Å². The van der Waals surface area contributed by atoms with Crippen molar-refractivity contribution in [1.82, 2.24) is 20.2 Å². The summed E-state index contributed by atoms with van der Waals surface area (Å²) >= 11 is 0. The molecule has 2 N–H and O–H groups in total. The Kier molecular flexibility index (Phi) is 2.68. The molecule has 1 aromatic carbocycles. The molecule has 15 heavy (non-hydrogen) atoms. The van der Waals surface area contributed by atoms with E-state index in [2.05, 4.69) is 15.4 Å². The molecule has 78 valence electrons. The first kappa shape index (κ1) is 9.72. The van der Waals surface area contributed by atoms with Crippen molar-refractivity contribution in [3.63, 3.8) is 0 Å². The molecular formula is C9H10FN5. The van der Waals surface area contributed by atoms with Crippen LogP contribution >= 0.6 is 0 Å². The molecule has 0 saturated carbocycles.